The second-order valence-electron chi connectivity index (χ2n) is 8.09. The van der Waals surface area contributed by atoms with Crippen LogP contribution in [0.3, 0.4) is 0 Å². The molecule has 0 spiro atoms. The first-order chi connectivity index (χ1) is 14.3. The van der Waals surface area contributed by atoms with Crippen LogP contribution in [0.5, 0.6) is 0 Å². The van der Waals surface area contributed by atoms with Gasteiger partial charge in [0.1, 0.15) is 5.69 Å². The fraction of sp³-hybridized carbons (Fsp3) is 0.391. The first-order valence-corrected chi connectivity index (χ1v) is 11.3. The molecule has 1 saturated heterocycles. The molecule has 2 fully saturated rings. The Balaban J connectivity index is 1.35. The van der Waals surface area contributed by atoms with Gasteiger partial charge in [0.25, 0.3) is 5.91 Å². The molecule has 0 unspecified atom stereocenters. The van der Waals surface area contributed by atoms with Crippen molar-refractivity contribution in [2.24, 2.45) is 5.92 Å². The van der Waals surface area contributed by atoms with Gasteiger partial charge in [-0.1, -0.05) is 36.4 Å². The van der Waals surface area contributed by atoms with Crippen molar-refractivity contribution in [1.82, 2.24) is 19.6 Å². The van der Waals surface area contributed by atoms with Crippen molar-refractivity contribution in [3.8, 4) is 10.6 Å². The molecule has 1 aliphatic heterocycles. The van der Waals surface area contributed by atoms with Gasteiger partial charge in [-0.2, -0.15) is 5.10 Å². The second-order valence-corrected chi connectivity index (χ2v) is 9.04. The van der Waals surface area contributed by atoms with E-state index >= 15 is 0 Å². The SMILES string of the molecule is O=C(c1cn(Cc2ccccc2)nc1-c1cccs1)N1CCN(CC2CC2)CC1. The molecule has 1 aliphatic carbocycles. The maximum Gasteiger partial charge on any atom is 0.257 e. The largest absolute Gasteiger partial charge is 0.336 e. The summed E-state index contributed by atoms with van der Waals surface area (Å²) in [5.41, 5.74) is 2.71. The molecular formula is C23H26N4OS. The number of rotatable bonds is 6. The zero-order valence-corrected chi connectivity index (χ0v) is 17.4. The summed E-state index contributed by atoms with van der Waals surface area (Å²) in [6.07, 6.45) is 4.69. The van der Waals surface area contributed by atoms with E-state index in [9.17, 15) is 4.79 Å². The topological polar surface area (TPSA) is 41.4 Å². The highest BCUT2D eigenvalue weighted by Crippen LogP contribution is 2.31. The number of hydrogen-bond acceptors (Lipinski definition) is 4. The van der Waals surface area contributed by atoms with Gasteiger partial charge in [0.05, 0.1) is 17.0 Å². The molecule has 0 bridgehead atoms. The smallest absolute Gasteiger partial charge is 0.257 e. The highest BCUT2D eigenvalue weighted by atomic mass is 32.1. The highest BCUT2D eigenvalue weighted by Gasteiger charge is 2.29. The molecule has 29 heavy (non-hydrogen) atoms. The Hall–Kier alpha value is -2.44. The average molecular weight is 407 g/mol. The molecular weight excluding hydrogens is 380 g/mol. The van der Waals surface area contributed by atoms with Crippen LogP contribution in [0.2, 0.25) is 0 Å². The van der Waals surface area contributed by atoms with Crippen LogP contribution in [0.15, 0.2) is 54.0 Å². The van der Waals surface area contributed by atoms with E-state index < -0.39 is 0 Å². The summed E-state index contributed by atoms with van der Waals surface area (Å²) in [5.74, 6) is 1.01. The summed E-state index contributed by atoms with van der Waals surface area (Å²) >= 11 is 1.63. The predicted octanol–water partition coefficient (Wildman–Crippen LogP) is 3.83. The number of carbonyl (C=O) groups excluding carboxylic acids is 1. The number of aromatic nitrogens is 2. The van der Waals surface area contributed by atoms with E-state index in [1.165, 1.54) is 24.9 Å². The number of hydrogen-bond donors (Lipinski definition) is 0. The van der Waals surface area contributed by atoms with Gasteiger partial charge >= 0.3 is 0 Å². The quantitative estimate of drug-likeness (QED) is 0.625. The fourth-order valence-electron chi connectivity index (χ4n) is 3.99. The monoisotopic (exact) mass is 406 g/mol. The van der Waals surface area contributed by atoms with Gasteiger partial charge in [-0.25, -0.2) is 0 Å². The van der Waals surface area contributed by atoms with Crippen LogP contribution < -0.4 is 0 Å². The molecule has 3 aromatic rings. The minimum absolute atomic E-state index is 0.110. The summed E-state index contributed by atoms with van der Waals surface area (Å²) in [4.78, 5) is 18.9. The lowest BCUT2D eigenvalue weighted by Crippen LogP contribution is -2.49. The van der Waals surface area contributed by atoms with E-state index in [1.807, 2.05) is 51.5 Å². The van der Waals surface area contributed by atoms with Crippen molar-refractivity contribution < 1.29 is 4.79 Å². The van der Waals surface area contributed by atoms with Crippen molar-refractivity contribution in [1.29, 1.82) is 0 Å². The molecule has 150 valence electrons. The Labute approximate surface area is 175 Å². The van der Waals surface area contributed by atoms with Crippen molar-refractivity contribution in [3.63, 3.8) is 0 Å². The number of carbonyl (C=O) groups is 1. The van der Waals surface area contributed by atoms with Crippen molar-refractivity contribution in [2.45, 2.75) is 19.4 Å². The number of piperazine rings is 1. The zero-order chi connectivity index (χ0) is 19.6. The second kappa shape index (κ2) is 8.13. The van der Waals surface area contributed by atoms with Gasteiger partial charge in [0.2, 0.25) is 0 Å². The molecule has 1 saturated carbocycles. The molecule has 0 radical (unpaired) electrons. The number of thiophene rings is 1. The zero-order valence-electron chi connectivity index (χ0n) is 16.5. The van der Waals surface area contributed by atoms with Gasteiger partial charge in [-0.3, -0.25) is 14.4 Å². The van der Waals surface area contributed by atoms with E-state index in [4.69, 9.17) is 5.10 Å². The normalized spacial score (nSPS) is 17.6. The predicted molar refractivity (Wildman–Crippen MR) is 116 cm³/mol. The number of nitrogens with zero attached hydrogens (tertiary/aromatic N) is 4. The van der Waals surface area contributed by atoms with E-state index in [1.54, 1.807) is 11.3 Å². The third-order valence-corrected chi connectivity index (χ3v) is 6.68. The molecule has 6 heteroatoms. The minimum Gasteiger partial charge on any atom is -0.336 e. The Morgan fingerprint density at radius 1 is 1.03 bits per heavy atom. The number of benzene rings is 1. The maximum absolute atomic E-state index is 13.4. The van der Waals surface area contributed by atoms with Crippen LogP contribution in [0.1, 0.15) is 28.8 Å². The lowest BCUT2D eigenvalue weighted by Gasteiger charge is -2.34. The van der Waals surface area contributed by atoms with Crippen LogP contribution >= 0.6 is 11.3 Å². The van der Waals surface area contributed by atoms with Gasteiger partial charge in [0.15, 0.2) is 0 Å². The Kier molecular flexibility index (Phi) is 5.21. The highest BCUT2D eigenvalue weighted by molar-refractivity contribution is 7.13. The molecule has 2 aliphatic rings. The summed E-state index contributed by atoms with van der Waals surface area (Å²) < 4.78 is 1.90. The van der Waals surface area contributed by atoms with Gasteiger partial charge in [0, 0.05) is 38.9 Å². The van der Waals surface area contributed by atoms with E-state index in [0.717, 1.165) is 48.2 Å². The molecule has 1 aromatic carbocycles. The van der Waals surface area contributed by atoms with Crippen LogP contribution in [0, 0.1) is 5.92 Å². The van der Waals surface area contributed by atoms with Crippen molar-refractivity contribution in [3.05, 3.63) is 65.2 Å². The van der Waals surface area contributed by atoms with E-state index in [-0.39, 0.29) is 5.91 Å². The van der Waals surface area contributed by atoms with Crippen LogP contribution in [-0.4, -0.2) is 58.2 Å². The Morgan fingerprint density at radius 3 is 2.52 bits per heavy atom. The molecule has 0 N–H and O–H groups in total. The average Bonchev–Trinajstić information content (AvgIpc) is 3.23. The molecule has 5 nitrogen and oxygen atoms in total. The molecule has 2 aromatic heterocycles. The third-order valence-electron chi connectivity index (χ3n) is 5.81. The van der Waals surface area contributed by atoms with Gasteiger partial charge in [-0.05, 0) is 35.8 Å². The van der Waals surface area contributed by atoms with Crippen LogP contribution in [0.25, 0.3) is 10.6 Å². The van der Waals surface area contributed by atoms with Gasteiger partial charge in [-0.15, -0.1) is 11.3 Å². The Morgan fingerprint density at radius 2 is 1.83 bits per heavy atom. The number of amides is 1. The minimum atomic E-state index is 0.110. The van der Waals surface area contributed by atoms with Crippen molar-refractivity contribution in [2.75, 3.05) is 32.7 Å². The third kappa shape index (κ3) is 4.28. The standard InChI is InChI=1S/C23H26N4OS/c28-23(26-12-10-25(11-13-26)15-19-8-9-19)20-17-27(16-18-5-2-1-3-6-18)24-22(20)21-7-4-14-29-21/h1-7,14,17,19H,8-13,15-16H2. The summed E-state index contributed by atoms with van der Waals surface area (Å²) in [6.45, 7) is 5.45. The Bertz CT molecular complexity index is 954. The molecule has 1 amide bonds. The molecule has 3 heterocycles. The molecule has 0 atom stereocenters. The first-order valence-electron chi connectivity index (χ1n) is 10.4. The van der Waals surface area contributed by atoms with E-state index in [0.29, 0.717) is 6.54 Å². The summed E-state index contributed by atoms with van der Waals surface area (Å²) in [6, 6.07) is 14.3. The summed E-state index contributed by atoms with van der Waals surface area (Å²) in [7, 11) is 0. The molecule has 5 rings (SSSR count). The lowest BCUT2D eigenvalue weighted by molar-refractivity contribution is 0.0632. The van der Waals surface area contributed by atoms with Crippen LogP contribution in [0.4, 0.5) is 0 Å². The summed E-state index contributed by atoms with van der Waals surface area (Å²) in [5, 5.41) is 6.83. The van der Waals surface area contributed by atoms with E-state index in [2.05, 4.69) is 17.0 Å². The maximum atomic E-state index is 13.4. The van der Waals surface area contributed by atoms with Crippen LogP contribution in [-0.2, 0) is 6.54 Å². The van der Waals surface area contributed by atoms with Gasteiger partial charge < -0.3 is 4.90 Å². The first kappa shape index (κ1) is 18.6. The van der Waals surface area contributed by atoms with Crippen molar-refractivity contribution >= 4 is 17.2 Å². The fourth-order valence-corrected chi connectivity index (χ4v) is 4.72. The lowest BCUT2D eigenvalue weighted by atomic mass is 10.1.